The molecule has 4 heteroatoms. The Hall–Kier alpha value is -0.280. The summed E-state index contributed by atoms with van der Waals surface area (Å²) in [5.74, 6) is -0.463. The summed E-state index contributed by atoms with van der Waals surface area (Å²) in [6.45, 7) is 0. The standard InChI is InChI=1S/C5H9NO2.ClH/c6-4-1-3(4)2-5(7)8;/h3-4H,1-2,6H2,(H,7,8);1H/t3-,4+;/m1./s1. The number of carboxylic acid groups (broad SMARTS) is 1. The molecular weight excluding hydrogens is 142 g/mol. The highest BCUT2D eigenvalue weighted by atomic mass is 35.5. The molecule has 0 aromatic carbocycles. The molecule has 0 amide bonds. The monoisotopic (exact) mass is 151 g/mol. The molecule has 1 saturated carbocycles. The van der Waals surface area contributed by atoms with Crippen LogP contribution in [0.25, 0.3) is 0 Å². The Morgan fingerprint density at radius 2 is 2.22 bits per heavy atom. The third-order valence-corrected chi connectivity index (χ3v) is 1.41. The summed E-state index contributed by atoms with van der Waals surface area (Å²) in [6, 6.07) is 0.172. The lowest BCUT2D eigenvalue weighted by Crippen LogP contribution is -2.05. The molecule has 54 valence electrons. The van der Waals surface area contributed by atoms with Gasteiger partial charge in [-0.15, -0.1) is 12.4 Å². The van der Waals surface area contributed by atoms with Crippen LogP contribution in [0.15, 0.2) is 0 Å². The fourth-order valence-electron chi connectivity index (χ4n) is 0.730. The fraction of sp³-hybridized carbons (Fsp3) is 0.800. The van der Waals surface area contributed by atoms with Gasteiger partial charge in [0, 0.05) is 12.5 Å². The van der Waals surface area contributed by atoms with E-state index in [4.69, 9.17) is 10.8 Å². The zero-order chi connectivity index (χ0) is 6.15. The smallest absolute Gasteiger partial charge is 0.303 e. The maximum absolute atomic E-state index is 9.94. The van der Waals surface area contributed by atoms with Crippen LogP contribution in [-0.2, 0) is 4.79 Å². The second-order valence-electron chi connectivity index (χ2n) is 2.26. The first-order valence-electron chi connectivity index (χ1n) is 2.67. The van der Waals surface area contributed by atoms with Crippen LogP contribution in [0.2, 0.25) is 0 Å². The number of carbonyl (C=O) groups is 1. The van der Waals surface area contributed by atoms with Crippen LogP contribution in [0.1, 0.15) is 12.8 Å². The van der Waals surface area contributed by atoms with Crippen molar-refractivity contribution in [3.63, 3.8) is 0 Å². The molecule has 0 heterocycles. The number of carboxylic acids is 1. The molecular formula is C5H10ClNO2. The SMILES string of the molecule is Cl.N[C@H]1C[C@@H]1CC(=O)O. The first-order valence-corrected chi connectivity index (χ1v) is 2.67. The molecule has 0 aromatic heterocycles. The van der Waals surface area contributed by atoms with Crippen molar-refractivity contribution in [2.24, 2.45) is 11.7 Å². The molecule has 0 aliphatic heterocycles. The van der Waals surface area contributed by atoms with Crippen LogP contribution in [0.4, 0.5) is 0 Å². The van der Waals surface area contributed by atoms with E-state index in [0.29, 0.717) is 0 Å². The van der Waals surface area contributed by atoms with E-state index in [2.05, 4.69) is 0 Å². The highest BCUT2D eigenvalue weighted by Gasteiger charge is 2.34. The van der Waals surface area contributed by atoms with Crippen LogP contribution in [0.5, 0.6) is 0 Å². The molecule has 1 aliphatic rings. The quantitative estimate of drug-likeness (QED) is 0.594. The van der Waals surface area contributed by atoms with Crippen molar-refractivity contribution in [2.45, 2.75) is 18.9 Å². The van der Waals surface area contributed by atoms with Gasteiger partial charge in [0.05, 0.1) is 0 Å². The van der Waals surface area contributed by atoms with E-state index in [0.717, 1.165) is 6.42 Å². The number of halogens is 1. The van der Waals surface area contributed by atoms with E-state index in [9.17, 15) is 4.79 Å². The van der Waals surface area contributed by atoms with E-state index in [-0.39, 0.29) is 30.8 Å². The third-order valence-electron chi connectivity index (χ3n) is 1.41. The molecule has 1 fully saturated rings. The van der Waals surface area contributed by atoms with E-state index in [1.807, 2.05) is 0 Å². The number of hydrogen-bond acceptors (Lipinski definition) is 2. The second-order valence-corrected chi connectivity index (χ2v) is 2.26. The first kappa shape index (κ1) is 8.72. The first-order chi connectivity index (χ1) is 3.70. The zero-order valence-corrected chi connectivity index (χ0v) is 5.73. The van der Waals surface area contributed by atoms with Gasteiger partial charge < -0.3 is 10.8 Å². The summed E-state index contributed by atoms with van der Waals surface area (Å²) in [5, 5.41) is 8.19. The normalized spacial score (nSPS) is 30.8. The number of nitrogens with two attached hydrogens (primary N) is 1. The van der Waals surface area contributed by atoms with E-state index < -0.39 is 5.97 Å². The maximum atomic E-state index is 9.94. The van der Waals surface area contributed by atoms with Gasteiger partial charge in [-0.1, -0.05) is 0 Å². The van der Waals surface area contributed by atoms with Crippen molar-refractivity contribution in [3.05, 3.63) is 0 Å². The summed E-state index contributed by atoms with van der Waals surface area (Å²) in [5.41, 5.74) is 5.35. The number of rotatable bonds is 2. The minimum Gasteiger partial charge on any atom is -0.481 e. The molecule has 0 saturated heterocycles. The van der Waals surface area contributed by atoms with Crippen molar-refractivity contribution in [1.29, 1.82) is 0 Å². The number of hydrogen-bond donors (Lipinski definition) is 2. The minimum absolute atomic E-state index is 0. The average Bonchev–Trinajstić information content (AvgIpc) is 2.17. The fourth-order valence-corrected chi connectivity index (χ4v) is 0.730. The average molecular weight is 152 g/mol. The van der Waals surface area contributed by atoms with Crippen molar-refractivity contribution < 1.29 is 9.90 Å². The molecule has 3 nitrogen and oxygen atoms in total. The van der Waals surface area contributed by atoms with Crippen LogP contribution in [0.3, 0.4) is 0 Å². The highest BCUT2D eigenvalue weighted by molar-refractivity contribution is 5.85. The second kappa shape index (κ2) is 3.03. The molecule has 0 aromatic rings. The Bertz CT molecular complexity index is 118. The Kier molecular flexibility index (Phi) is 2.94. The van der Waals surface area contributed by atoms with Gasteiger partial charge in [-0.25, -0.2) is 0 Å². The van der Waals surface area contributed by atoms with Crippen molar-refractivity contribution >= 4 is 18.4 Å². The molecule has 0 unspecified atom stereocenters. The van der Waals surface area contributed by atoms with Gasteiger partial charge in [-0.05, 0) is 12.3 Å². The van der Waals surface area contributed by atoms with Crippen LogP contribution in [-0.4, -0.2) is 17.1 Å². The molecule has 0 radical (unpaired) electrons. The van der Waals surface area contributed by atoms with Crippen LogP contribution < -0.4 is 5.73 Å². The Labute approximate surface area is 59.6 Å². The van der Waals surface area contributed by atoms with Crippen molar-refractivity contribution in [2.75, 3.05) is 0 Å². The predicted molar refractivity (Wildman–Crippen MR) is 35.6 cm³/mol. The predicted octanol–water partition coefficient (Wildman–Crippen LogP) is 0.230. The molecule has 2 atom stereocenters. The van der Waals surface area contributed by atoms with Crippen LogP contribution >= 0.6 is 12.4 Å². The molecule has 1 aliphatic carbocycles. The van der Waals surface area contributed by atoms with Gasteiger partial charge >= 0.3 is 5.97 Å². The topological polar surface area (TPSA) is 63.3 Å². The maximum Gasteiger partial charge on any atom is 0.303 e. The molecule has 3 N–H and O–H groups in total. The lowest BCUT2D eigenvalue weighted by molar-refractivity contribution is -0.137. The van der Waals surface area contributed by atoms with Gasteiger partial charge in [0.1, 0.15) is 0 Å². The Balaban J connectivity index is 0.000000640. The minimum atomic E-state index is -0.733. The van der Waals surface area contributed by atoms with Gasteiger partial charge in [0.25, 0.3) is 0 Å². The van der Waals surface area contributed by atoms with Gasteiger partial charge in [-0.2, -0.15) is 0 Å². The molecule has 0 bridgehead atoms. The Morgan fingerprint density at radius 1 is 1.78 bits per heavy atom. The summed E-state index contributed by atoms with van der Waals surface area (Å²) in [7, 11) is 0. The van der Waals surface area contributed by atoms with E-state index >= 15 is 0 Å². The number of aliphatic carboxylic acids is 1. The van der Waals surface area contributed by atoms with E-state index in [1.54, 1.807) is 0 Å². The molecule has 0 spiro atoms. The van der Waals surface area contributed by atoms with Gasteiger partial charge in [-0.3, -0.25) is 4.79 Å². The van der Waals surface area contributed by atoms with Gasteiger partial charge in [0.2, 0.25) is 0 Å². The third kappa shape index (κ3) is 2.67. The molecule has 1 rings (SSSR count). The summed E-state index contributed by atoms with van der Waals surface area (Å²) in [4.78, 5) is 9.94. The van der Waals surface area contributed by atoms with Crippen LogP contribution in [0, 0.1) is 5.92 Å². The van der Waals surface area contributed by atoms with Crippen molar-refractivity contribution in [3.8, 4) is 0 Å². The largest absolute Gasteiger partial charge is 0.481 e. The summed E-state index contributed by atoms with van der Waals surface area (Å²) < 4.78 is 0. The lowest BCUT2D eigenvalue weighted by atomic mass is 10.3. The van der Waals surface area contributed by atoms with E-state index in [1.165, 1.54) is 0 Å². The summed E-state index contributed by atoms with van der Waals surface area (Å²) >= 11 is 0. The summed E-state index contributed by atoms with van der Waals surface area (Å²) in [6.07, 6.45) is 1.15. The van der Waals surface area contributed by atoms with Crippen molar-refractivity contribution in [1.82, 2.24) is 0 Å². The highest BCUT2D eigenvalue weighted by Crippen LogP contribution is 2.30. The zero-order valence-electron chi connectivity index (χ0n) is 4.91. The van der Waals surface area contributed by atoms with Gasteiger partial charge in [0.15, 0.2) is 0 Å². The lowest BCUT2D eigenvalue weighted by Gasteiger charge is -1.86. The Morgan fingerprint density at radius 3 is 2.33 bits per heavy atom. The molecule has 9 heavy (non-hydrogen) atoms.